The highest BCUT2D eigenvalue weighted by Gasteiger charge is 2.16. The van der Waals surface area contributed by atoms with Crippen LogP contribution >= 0.6 is 0 Å². The highest BCUT2D eigenvalue weighted by atomic mass is 19.1. The second-order valence-electron chi connectivity index (χ2n) is 4.37. The van der Waals surface area contributed by atoms with Crippen LogP contribution in [0.15, 0.2) is 42.5 Å². The number of nitrogens with two attached hydrogens (primary N) is 1. The number of hydrogen-bond acceptors (Lipinski definition) is 1. The van der Waals surface area contributed by atoms with Crippen molar-refractivity contribution >= 4 is 0 Å². The van der Waals surface area contributed by atoms with Crippen molar-refractivity contribution in [3.63, 3.8) is 0 Å². The lowest BCUT2D eigenvalue weighted by molar-refractivity contribution is 0.596. The lowest BCUT2D eigenvalue weighted by Crippen LogP contribution is -2.15. The molecule has 0 amide bonds. The quantitative estimate of drug-likeness (QED) is 0.838. The summed E-state index contributed by atoms with van der Waals surface area (Å²) in [6, 6.07) is 12.7. The molecule has 2 heteroatoms. The van der Waals surface area contributed by atoms with Gasteiger partial charge in [-0.2, -0.15) is 0 Å². The van der Waals surface area contributed by atoms with E-state index in [1.54, 1.807) is 0 Å². The molecule has 2 rings (SSSR count). The highest BCUT2D eigenvalue weighted by molar-refractivity contribution is 5.39. The zero-order chi connectivity index (χ0) is 12.4. The molecule has 88 valence electrons. The molecule has 0 heterocycles. The second kappa shape index (κ2) is 4.68. The van der Waals surface area contributed by atoms with Crippen molar-refractivity contribution in [1.82, 2.24) is 0 Å². The van der Waals surface area contributed by atoms with Gasteiger partial charge in [0, 0.05) is 5.56 Å². The van der Waals surface area contributed by atoms with E-state index >= 15 is 0 Å². The average Bonchev–Trinajstić information content (AvgIpc) is 2.28. The third-order valence-corrected chi connectivity index (χ3v) is 2.95. The minimum absolute atomic E-state index is 0.223. The summed E-state index contributed by atoms with van der Waals surface area (Å²) < 4.78 is 14.0. The molecule has 1 unspecified atom stereocenters. The van der Waals surface area contributed by atoms with E-state index in [0.29, 0.717) is 5.56 Å². The minimum Gasteiger partial charge on any atom is -0.320 e. The summed E-state index contributed by atoms with van der Waals surface area (Å²) in [5, 5.41) is 0. The molecular formula is C15H16FN. The van der Waals surface area contributed by atoms with Gasteiger partial charge in [0.15, 0.2) is 0 Å². The topological polar surface area (TPSA) is 26.0 Å². The third-order valence-electron chi connectivity index (χ3n) is 2.95. The van der Waals surface area contributed by atoms with Crippen LogP contribution < -0.4 is 5.73 Å². The number of benzene rings is 2. The zero-order valence-electron chi connectivity index (χ0n) is 10.1. The predicted molar refractivity (Wildman–Crippen MR) is 68.3 cm³/mol. The molecule has 1 nitrogen and oxygen atoms in total. The van der Waals surface area contributed by atoms with Crippen LogP contribution in [0.25, 0.3) is 0 Å². The Morgan fingerprint density at radius 2 is 1.71 bits per heavy atom. The van der Waals surface area contributed by atoms with Crippen molar-refractivity contribution in [3.05, 3.63) is 70.5 Å². The van der Waals surface area contributed by atoms with Crippen molar-refractivity contribution in [2.24, 2.45) is 5.73 Å². The lowest BCUT2D eigenvalue weighted by Gasteiger charge is -2.16. The van der Waals surface area contributed by atoms with Gasteiger partial charge < -0.3 is 5.73 Å². The van der Waals surface area contributed by atoms with Crippen LogP contribution in [0.3, 0.4) is 0 Å². The first-order valence-electron chi connectivity index (χ1n) is 5.67. The third kappa shape index (κ3) is 2.37. The van der Waals surface area contributed by atoms with Crippen molar-refractivity contribution in [1.29, 1.82) is 0 Å². The van der Waals surface area contributed by atoms with E-state index < -0.39 is 6.04 Å². The Balaban J connectivity index is 2.48. The van der Waals surface area contributed by atoms with E-state index in [9.17, 15) is 4.39 Å². The van der Waals surface area contributed by atoms with Gasteiger partial charge in [0.2, 0.25) is 0 Å². The largest absolute Gasteiger partial charge is 0.320 e. The van der Waals surface area contributed by atoms with Gasteiger partial charge in [-0.3, -0.25) is 0 Å². The minimum atomic E-state index is -0.406. The van der Waals surface area contributed by atoms with Crippen molar-refractivity contribution in [2.45, 2.75) is 19.9 Å². The first kappa shape index (κ1) is 11.8. The maximum absolute atomic E-state index is 14.0. The van der Waals surface area contributed by atoms with E-state index in [4.69, 9.17) is 5.73 Å². The monoisotopic (exact) mass is 229 g/mol. The molecule has 0 saturated carbocycles. The van der Waals surface area contributed by atoms with Crippen LogP contribution in [-0.4, -0.2) is 0 Å². The average molecular weight is 229 g/mol. The van der Waals surface area contributed by atoms with Crippen molar-refractivity contribution in [3.8, 4) is 0 Å². The number of halogens is 1. The first-order valence-corrected chi connectivity index (χ1v) is 5.67. The molecule has 0 aliphatic carbocycles. The number of aryl methyl sites for hydroxylation is 2. The van der Waals surface area contributed by atoms with E-state index in [0.717, 1.165) is 16.7 Å². The smallest absolute Gasteiger partial charge is 0.128 e. The molecule has 0 radical (unpaired) electrons. The summed E-state index contributed by atoms with van der Waals surface area (Å²) in [6.45, 7) is 3.78. The summed E-state index contributed by atoms with van der Waals surface area (Å²) in [7, 11) is 0. The van der Waals surface area contributed by atoms with Gasteiger partial charge in [0.1, 0.15) is 5.82 Å². The Hall–Kier alpha value is -1.67. The fourth-order valence-electron chi connectivity index (χ4n) is 2.15. The highest BCUT2D eigenvalue weighted by Crippen LogP contribution is 2.26. The molecule has 0 fully saturated rings. The van der Waals surface area contributed by atoms with Gasteiger partial charge in [-0.25, -0.2) is 4.39 Å². The fraction of sp³-hybridized carbons (Fsp3) is 0.200. The van der Waals surface area contributed by atoms with E-state index in [1.807, 2.05) is 50.2 Å². The molecule has 2 aromatic rings. The summed E-state index contributed by atoms with van der Waals surface area (Å²) in [5.41, 5.74) is 9.46. The molecule has 0 aliphatic rings. The Bertz CT molecular complexity index is 497. The van der Waals surface area contributed by atoms with Crippen LogP contribution in [0.4, 0.5) is 4.39 Å². The van der Waals surface area contributed by atoms with Crippen molar-refractivity contribution < 1.29 is 4.39 Å². The molecule has 2 aromatic carbocycles. The summed E-state index contributed by atoms with van der Waals surface area (Å²) in [6.07, 6.45) is 0. The van der Waals surface area contributed by atoms with E-state index in [1.165, 1.54) is 6.07 Å². The van der Waals surface area contributed by atoms with Crippen LogP contribution in [0.1, 0.15) is 28.3 Å². The van der Waals surface area contributed by atoms with Crippen LogP contribution in [0, 0.1) is 19.7 Å². The molecule has 1 atom stereocenters. The molecule has 0 bridgehead atoms. The van der Waals surface area contributed by atoms with E-state index in [-0.39, 0.29) is 5.82 Å². The number of hydrogen-bond donors (Lipinski definition) is 1. The SMILES string of the molecule is Cc1cc(C)c(C(N)c2ccccc2)c(F)c1. The van der Waals surface area contributed by atoms with Gasteiger partial charge in [-0.15, -0.1) is 0 Å². The maximum Gasteiger partial charge on any atom is 0.128 e. The Morgan fingerprint density at radius 1 is 1.06 bits per heavy atom. The molecule has 0 aliphatic heterocycles. The second-order valence-corrected chi connectivity index (χ2v) is 4.37. The molecule has 0 spiro atoms. The van der Waals surface area contributed by atoms with Gasteiger partial charge in [0.25, 0.3) is 0 Å². The molecule has 2 N–H and O–H groups in total. The lowest BCUT2D eigenvalue weighted by atomic mass is 9.94. The maximum atomic E-state index is 14.0. The van der Waals surface area contributed by atoms with Crippen LogP contribution in [0.2, 0.25) is 0 Å². The first-order chi connectivity index (χ1) is 8.09. The molecule has 17 heavy (non-hydrogen) atoms. The number of rotatable bonds is 2. The normalized spacial score (nSPS) is 12.5. The Labute approximate surface area is 101 Å². The summed E-state index contributed by atoms with van der Waals surface area (Å²) in [4.78, 5) is 0. The van der Waals surface area contributed by atoms with Gasteiger partial charge in [-0.1, -0.05) is 36.4 Å². The zero-order valence-corrected chi connectivity index (χ0v) is 10.1. The van der Waals surface area contributed by atoms with E-state index in [2.05, 4.69) is 0 Å². The van der Waals surface area contributed by atoms with Gasteiger partial charge in [-0.05, 0) is 36.6 Å². The predicted octanol–water partition coefficient (Wildman–Crippen LogP) is 3.49. The molecule has 0 aromatic heterocycles. The van der Waals surface area contributed by atoms with Gasteiger partial charge >= 0.3 is 0 Å². The summed E-state index contributed by atoms with van der Waals surface area (Å²) in [5.74, 6) is -0.223. The Kier molecular flexibility index (Phi) is 3.25. The molecule has 0 saturated heterocycles. The van der Waals surface area contributed by atoms with Crippen LogP contribution in [0.5, 0.6) is 0 Å². The fourth-order valence-corrected chi connectivity index (χ4v) is 2.15. The van der Waals surface area contributed by atoms with Gasteiger partial charge in [0.05, 0.1) is 6.04 Å². The van der Waals surface area contributed by atoms with Crippen molar-refractivity contribution in [2.75, 3.05) is 0 Å². The summed E-state index contributed by atoms with van der Waals surface area (Å²) >= 11 is 0. The van der Waals surface area contributed by atoms with Crippen LogP contribution in [-0.2, 0) is 0 Å². The Morgan fingerprint density at radius 3 is 2.29 bits per heavy atom. The standard InChI is InChI=1S/C15H16FN/c1-10-8-11(2)14(13(16)9-10)15(17)12-6-4-3-5-7-12/h3-9,15H,17H2,1-2H3. The molecular weight excluding hydrogens is 213 g/mol.